The number of nitrogens with one attached hydrogen (secondary N) is 1. The number of nitrogens with zero attached hydrogens (tertiary/aromatic N) is 1. The van der Waals surface area contributed by atoms with Gasteiger partial charge in [-0.15, -0.1) is 11.8 Å². The molecule has 118 valence electrons. The number of amides is 1. The normalized spacial score (nSPS) is 36.1. The molecule has 4 atom stereocenters. The van der Waals surface area contributed by atoms with Crippen LogP contribution in [0.3, 0.4) is 0 Å². The van der Waals surface area contributed by atoms with Gasteiger partial charge in [0, 0.05) is 11.8 Å². The second-order valence-corrected chi connectivity index (χ2v) is 7.12. The van der Waals surface area contributed by atoms with Crippen LogP contribution in [-0.4, -0.2) is 64.9 Å². The third kappa shape index (κ3) is 2.91. The number of rotatable bonds is 5. The quantitative estimate of drug-likeness (QED) is 0.763. The molecule has 7 heteroatoms. The van der Waals surface area contributed by atoms with Gasteiger partial charge in [-0.2, -0.15) is 0 Å². The van der Waals surface area contributed by atoms with Crippen molar-refractivity contribution in [1.29, 1.82) is 0 Å². The van der Waals surface area contributed by atoms with Crippen LogP contribution >= 0.6 is 11.8 Å². The third-order valence-electron chi connectivity index (χ3n) is 4.46. The first-order valence-corrected chi connectivity index (χ1v) is 8.66. The van der Waals surface area contributed by atoms with Crippen LogP contribution in [0, 0.1) is 11.8 Å². The van der Waals surface area contributed by atoms with Crippen molar-refractivity contribution in [3.8, 4) is 0 Å². The van der Waals surface area contributed by atoms with Gasteiger partial charge in [-0.05, 0) is 25.3 Å². The predicted octanol–water partition coefficient (Wildman–Crippen LogP) is 0.376. The fourth-order valence-electron chi connectivity index (χ4n) is 3.19. The van der Waals surface area contributed by atoms with Crippen LogP contribution < -0.4 is 5.32 Å². The maximum absolute atomic E-state index is 12.9. The zero-order valence-electron chi connectivity index (χ0n) is 12.2. The molecule has 0 aromatic rings. The monoisotopic (exact) mass is 314 g/mol. The SMILES string of the molecule is CCNC1COCC1C(=O)N1C(C(=O)O)CSC1C1CC1. The first-order valence-electron chi connectivity index (χ1n) is 7.61. The number of hydrogen-bond donors (Lipinski definition) is 2. The highest BCUT2D eigenvalue weighted by molar-refractivity contribution is 8.00. The number of hydrogen-bond acceptors (Lipinski definition) is 5. The lowest BCUT2D eigenvalue weighted by Gasteiger charge is -2.31. The first-order chi connectivity index (χ1) is 10.1. The van der Waals surface area contributed by atoms with E-state index in [1.807, 2.05) is 6.92 Å². The fraction of sp³-hybridized carbons (Fsp3) is 0.857. The van der Waals surface area contributed by atoms with Gasteiger partial charge in [-0.1, -0.05) is 6.92 Å². The van der Waals surface area contributed by atoms with Crippen LogP contribution in [0.25, 0.3) is 0 Å². The molecule has 0 aromatic carbocycles. The Morgan fingerprint density at radius 2 is 2.14 bits per heavy atom. The van der Waals surface area contributed by atoms with E-state index in [1.165, 1.54) is 0 Å². The Hall–Kier alpha value is -0.790. The van der Waals surface area contributed by atoms with Crippen molar-refractivity contribution in [2.45, 2.75) is 37.2 Å². The minimum absolute atomic E-state index is 0.00222. The van der Waals surface area contributed by atoms with Crippen molar-refractivity contribution < 1.29 is 19.4 Å². The van der Waals surface area contributed by atoms with Crippen molar-refractivity contribution in [2.24, 2.45) is 11.8 Å². The van der Waals surface area contributed by atoms with E-state index in [4.69, 9.17) is 4.74 Å². The van der Waals surface area contributed by atoms with Gasteiger partial charge in [-0.25, -0.2) is 4.79 Å². The Morgan fingerprint density at radius 1 is 1.38 bits per heavy atom. The lowest BCUT2D eigenvalue weighted by atomic mass is 10.0. The minimum atomic E-state index is -0.891. The molecule has 1 saturated carbocycles. The molecule has 2 N–H and O–H groups in total. The fourth-order valence-corrected chi connectivity index (χ4v) is 4.83. The first kappa shape index (κ1) is 15.1. The van der Waals surface area contributed by atoms with E-state index in [0.717, 1.165) is 19.4 Å². The molecular weight excluding hydrogens is 292 g/mol. The van der Waals surface area contributed by atoms with E-state index in [9.17, 15) is 14.7 Å². The van der Waals surface area contributed by atoms with Gasteiger partial charge in [0.05, 0.1) is 24.5 Å². The Bertz CT molecular complexity index is 429. The molecule has 4 unspecified atom stereocenters. The van der Waals surface area contributed by atoms with E-state index < -0.39 is 12.0 Å². The smallest absolute Gasteiger partial charge is 0.327 e. The molecule has 3 aliphatic rings. The highest BCUT2D eigenvalue weighted by Crippen LogP contribution is 2.46. The Balaban J connectivity index is 1.77. The lowest BCUT2D eigenvalue weighted by molar-refractivity contribution is -0.151. The van der Waals surface area contributed by atoms with Crippen molar-refractivity contribution in [3.05, 3.63) is 0 Å². The molecule has 2 aliphatic heterocycles. The minimum Gasteiger partial charge on any atom is -0.480 e. The molecule has 0 radical (unpaired) electrons. The second kappa shape index (κ2) is 6.14. The number of carboxylic acid groups (broad SMARTS) is 1. The summed E-state index contributed by atoms with van der Waals surface area (Å²) in [5.74, 6) is -0.220. The summed E-state index contributed by atoms with van der Waals surface area (Å²) >= 11 is 1.62. The number of thioether (sulfide) groups is 1. The van der Waals surface area contributed by atoms with Crippen molar-refractivity contribution in [1.82, 2.24) is 10.2 Å². The van der Waals surface area contributed by atoms with Crippen LogP contribution in [0.15, 0.2) is 0 Å². The van der Waals surface area contributed by atoms with Crippen molar-refractivity contribution >= 4 is 23.6 Å². The number of likely N-dealkylation sites (N-methyl/N-ethyl adjacent to an activating group) is 1. The van der Waals surface area contributed by atoms with Crippen LogP contribution in [0.2, 0.25) is 0 Å². The number of carboxylic acids is 1. The molecule has 6 nitrogen and oxygen atoms in total. The molecule has 3 fully saturated rings. The van der Waals surface area contributed by atoms with Gasteiger partial charge < -0.3 is 20.1 Å². The third-order valence-corrected chi connectivity index (χ3v) is 5.93. The number of aliphatic carboxylic acids is 1. The summed E-state index contributed by atoms with van der Waals surface area (Å²) in [6.07, 6.45) is 2.21. The molecule has 2 saturated heterocycles. The highest BCUT2D eigenvalue weighted by atomic mass is 32.2. The van der Waals surface area contributed by atoms with Gasteiger partial charge in [0.2, 0.25) is 5.91 Å². The van der Waals surface area contributed by atoms with Gasteiger partial charge in [0.1, 0.15) is 6.04 Å². The van der Waals surface area contributed by atoms with E-state index in [2.05, 4.69) is 5.32 Å². The second-order valence-electron chi connectivity index (χ2n) is 5.97. The molecule has 3 rings (SSSR count). The van der Waals surface area contributed by atoms with E-state index in [-0.39, 0.29) is 23.2 Å². The van der Waals surface area contributed by atoms with Crippen molar-refractivity contribution in [3.63, 3.8) is 0 Å². The Morgan fingerprint density at radius 3 is 2.76 bits per heavy atom. The molecule has 21 heavy (non-hydrogen) atoms. The summed E-state index contributed by atoms with van der Waals surface area (Å²) < 4.78 is 5.45. The maximum atomic E-state index is 12.9. The topological polar surface area (TPSA) is 78.9 Å². The molecule has 1 amide bonds. The van der Waals surface area contributed by atoms with E-state index >= 15 is 0 Å². The molecular formula is C14H22N2O4S. The van der Waals surface area contributed by atoms with Crippen LogP contribution in [0.5, 0.6) is 0 Å². The number of ether oxygens (including phenoxy) is 1. The average molecular weight is 314 g/mol. The predicted molar refractivity (Wildman–Crippen MR) is 79.0 cm³/mol. The van der Waals surface area contributed by atoms with E-state index in [1.54, 1.807) is 16.7 Å². The number of carbonyl (C=O) groups excluding carboxylic acids is 1. The van der Waals surface area contributed by atoms with Crippen LogP contribution in [0.1, 0.15) is 19.8 Å². The van der Waals surface area contributed by atoms with Gasteiger partial charge >= 0.3 is 5.97 Å². The molecule has 0 bridgehead atoms. The number of carbonyl (C=O) groups is 2. The molecule has 0 aromatic heterocycles. The highest BCUT2D eigenvalue weighted by Gasteiger charge is 2.50. The van der Waals surface area contributed by atoms with Gasteiger partial charge in [0.25, 0.3) is 0 Å². The van der Waals surface area contributed by atoms with Crippen molar-refractivity contribution in [2.75, 3.05) is 25.5 Å². The Labute approximate surface area is 128 Å². The van der Waals surface area contributed by atoms with Crippen LogP contribution in [-0.2, 0) is 14.3 Å². The standard InChI is InChI=1S/C14H22N2O4S/c1-2-15-10-6-20-5-9(10)12(17)16-11(14(18)19)7-21-13(16)8-3-4-8/h8-11,13,15H,2-7H2,1H3,(H,18,19). The largest absolute Gasteiger partial charge is 0.480 e. The summed E-state index contributed by atoms with van der Waals surface area (Å²) in [5, 5.41) is 12.7. The van der Waals surface area contributed by atoms with Gasteiger partial charge in [0.15, 0.2) is 0 Å². The Kier molecular flexibility index (Phi) is 4.42. The van der Waals surface area contributed by atoms with Crippen LogP contribution in [0.4, 0.5) is 0 Å². The molecule has 2 heterocycles. The summed E-state index contributed by atoms with van der Waals surface area (Å²) in [6.45, 7) is 3.69. The molecule has 1 aliphatic carbocycles. The zero-order valence-corrected chi connectivity index (χ0v) is 13.0. The molecule has 0 spiro atoms. The summed E-state index contributed by atoms with van der Waals surface area (Å²) in [6, 6.07) is -0.682. The maximum Gasteiger partial charge on any atom is 0.327 e. The average Bonchev–Trinajstić information content (AvgIpc) is 3.02. The zero-order chi connectivity index (χ0) is 15.0. The summed E-state index contributed by atoms with van der Waals surface area (Å²) in [4.78, 5) is 26.0. The summed E-state index contributed by atoms with van der Waals surface area (Å²) in [5.41, 5.74) is 0. The summed E-state index contributed by atoms with van der Waals surface area (Å²) in [7, 11) is 0. The lowest BCUT2D eigenvalue weighted by Crippen LogP contribution is -2.52. The van der Waals surface area contributed by atoms with Gasteiger partial charge in [-0.3, -0.25) is 4.79 Å². The van der Waals surface area contributed by atoms with E-state index in [0.29, 0.717) is 24.9 Å².